The molecule has 0 spiro atoms. The van der Waals surface area contributed by atoms with Crippen LogP contribution in [0.5, 0.6) is 0 Å². The molecular weight excluding hydrogens is 236 g/mol. The van der Waals surface area contributed by atoms with E-state index in [4.69, 9.17) is 5.73 Å². The smallest absolute Gasteiger partial charge is 0.271 e. The van der Waals surface area contributed by atoms with Gasteiger partial charge in [-0.1, -0.05) is 0 Å². The normalized spacial score (nSPS) is 17.0. The topological polar surface area (TPSA) is 72.9 Å². The van der Waals surface area contributed by atoms with Crippen LogP contribution in [0.1, 0.15) is 23.3 Å². The first-order valence-corrected chi connectivity index (χ1v) is 6.97. The first-order valence-electron chi connectivity index (χ1n) is 5.82. The van der Waals surface area contributed by atoms with E-state index in [-0.39, 0.29) is 5.91 Å². The summed E-state index contributed by atoms with van der Waals surface area (Å²) < 4.78 is 1.52. The average Bonchev–Trinajstić information content (AvgIpc) is 2.67. The van der Waals surface area contributed by atoms with Gasteiger partial charge in [0.1, 0.15) is 5.69 Å². The van der Waals surface area contributed by atoms with Crippen molar-refractivity contribution in [2.75, 3.05) is 23.8 Å². The molecule has 17 heavy (non-hydrogen) atoms. The third-order valence-corrected chi connectivity index (χ3v) is 4.12. The van der Waals surface area contributed by atoms with Gasteiger partial charge in [-0.05, 0) is 30.3 Å². The molecule has 1 aliphatic heterocycles. The number of nitrogens with two attached hydrogens (primary N) is 1. The Morgan fingerprint density at radius 2 is 2.35 bits per heavy atom. The molecule has 94 valence electrons. The molecule has 1 aromatic heterocycles. The molecule has 1 amide bonds. The number of aryl methyl sites for hydroxylation is 1. The van der Waals surface area contributed by atoms with E-state index in [1.807, 2.05) is 11.8 Å². The molecule has 1 aromatic rings. The highest BCUT2D eigenvalue weighted by molar-refractivity contribution is 7.99. The molecule has 6 heteroatoms. The number of nitrogens with zero attached hydrogens (tertiary/aromatic N) is 2. The summed E-state index contributed by atoms with van der Waals surface area (Å²) in [6, 6.07) is 0. The van der Waals surface area contributed by atoms with Crippen molar-refractivity contribution in [3.63, 3.8) is 0 Å². The molecular formula is C11H18N4OS. The van der Waals surface area contributed by atoms with Crippen molar-refractivity contribution < 1.29 is 4.79 Å². The van der Waals surface area contributed by atoms with Gasteiger partial charge >= 0.3 is 0 Å². The number of rotatable bonds is 3. The number of nitrogens with one attached hydrogen (secondary N) is 1. The van der Waals surface area contributed by atoms with Crippen molar-refractivity contribution in [1.82, 2.24) is 15.1 Å². The van der Waals surface area contributed by atoms with Gasteiger partial charge < -0.3 is 11.1 Å². The molecule has 0 aromatic carbocycles. The van der Waals surface area contributed by atoms with E-state index in [9.17, 15) is 4.79 Å². The Morgan fingerprint density at radius 1 is 1.65 bits per heavy atom. The monoisotopic (exact) mass is 254 g/mol. The minimum absolute atomic E-state index is 0.124. The van der Waals surface area contributed by atoms with Crippen LogP contribution in [0, 0.1) is 5.92 Å². The molecule has 1 saturated heterocycles. The Hall–Kier alpha value is -1.17. The van der Waals surface area contributed by atoms with Crippen molar-refractivity contribution in [3.05, 3.63) is 11.9 Å². The van der Waals surface area contributed by atoms with Gasteiger partial charge in [0.05, 0.1) is 11.9 Å². The highest BCUT2D eigenvalue weighted by atomic mass is 32.2. The van der Waals surface area contributed by atoms with Gasteiger partial charge in [-0.2, -0.15) is 16.9 Å². The highest BCUT2D eigenvalue weighted by Crippen LogP contribution is 2.22. The molecule has 3 N–H and O–H groups in total. The number of carbonyl (C=O) groups is 1. The van der Waals surface area contributed by atoms with Crippen molar-refractivity contribution in [3.8, 4) is 0 Å². The van der Waals surface area contributed by atoms with Gasteiger partial charge in [0.2, 0.25) is 0 Å². The summed E-state index contributed by atoms with van der Waals surface area (Å²) in [5.74, 6) is 2.89. The zero-order chi connectivity index (χ0) is 12.3. The molecule has 0 radical (unpaired) electrons. The third-order valence-electron chi connectivity index (χ3n) is 3.07. The number of nitrogen functional groups attached to an aromatic ring is 1. The Morgan fingerprint density at radius 3 is 2.94 bits per heavy atom. The second-order valence-corrected chi connectivity index (χ2v) is 5.56. The maximum Gasteiger partial charge on any atom is 0.271 e. The second-order valence-electron chi connectivity index (χ2n) is 4.34. The fourth-order valence-corrected chi connectivity index (χ4v) is 3.21. The predicted molar refractivity (Wildman–Crippen MR) is 70.0 cm³/mol. The van der Waals surface area contributed by atoms with Gasteiger partial charge in [-0.3, -0.25) is 9.48 Å². The molecule has 0 unspecified atom stereocenters. The number of anilines is 1. The lowest BCUT2D eigenvalue weighted by molar-refractivity contribution is 0.0938. The maximum atomic E-state index is 11.9. The number of thioether (sulfide) groups is 1. The van der Waals surface area contributed by atoms with Gasteiger partial charge in [0.15, 0.2) is 0 Å². The number of aromatic nitrogens is 2. The fraction of sp³-hybridized carbons (Fsp3) is 0.636. The summed E-state index contributed by atoms with van der Waals surface area (Å²) in [4.78, 5) is 11.9. The fourth-order valence-electron chi connectivity index (χ4n) is 2.00. The number of hydrogen-bond acceptors (Lipinski definition) is 4. The van der Waals surface area contributed by atoms with Gasteiger partial charge in [-0.25, -0.2) is 0 Å². The molecule has 0 atom stereocenters. The van der Waals surface area contributed by atoms with E-state index in [0.717, 1.165) is 6.54 Å². The summed E-state index contributed by atoms with van der Waals surface area (Å²) in [6.07, 6.45) is 3.88. The Bertz CT molecular complexity index is 379. The minimum Gasteiger partial charge on any atom is -0.396 e. The summed E-state index contributed by atoms with van der Waals surface area (Å²) in [5.41, 5.74) is 6.59. The van der Waals surface area contributed by atoms with Crippen LogP contribution in [-0.4, -0.2) is 33.7 Å². The Labute approximate surface area is 105 Å². The Balaban J connectivity index is 1.89. The molecule has 2 heterocycles. The summed E-state index contributed by atoms with van der Waals surface area (Å²) in [7, 11) is 1.72. The lowest BCUT2D eigenvalue weighted by atomic mass is 10.0. The van der Waals surface area contributed by atoms with E-state index < -0.39 is 0 Å². The van der Waals surface area contributed by atoms with Crippen molar-refractivity contribution in [2.45, 2.75) is 12.8 Å². The molecule has 2 rings (SSSR count). The summed E-state index contributed by atoms with van der Waals surface area (Å²) in [5, 5.41) is 6.91. The van der Waals surface area contributed by atoms with Crippen molar-refractivity contribution >= 4 is 23.4 Å². The molecule has 1 fully saturated rings. The number of amides is 1. The van der Waals surface area contributed by atoms with Crippen LogP contribution in [0.3, 0.4) is 0 Å². The average molecular weight is 254 g/mol. The van der Waals surface area contributed by atoms with Crippen LogP contribution in [0.15, 0.2) is 6.20 Å². The van der Waals surface area contributed by atoms with E-state index in [1.54, 1.807) is 7.05 Å². The third kappa shape index (κ3) is 2.94. The molecule has 0 bridgehead atoms. The van der Waals surface area contributed by atoms with E-state index >= 15 is 0 Å². The van der Waals surface area contributed by atoms with Crippen LogP contribution >= 0.6 is 11.8 Å². The molecule has 0 saturated carbocycles. The van der Waals surface area contributed by atoms with Gasteiger partial charge in [0, 0.05) is 13.6 Å². The van der Waals surface area contributed by atoms with Crippen molar-refractivity contribution in [2.24, 2.45) is 13.0 Å². The van der Waals surface area contributed by atoms with Crippen LogP contribution in [0.25, 0.3) is 0 Å². The highest BCUT2D eigenvalue weighted by Gasteiger charge is 2.18. The van der Waals surface area contributed by atoms with Gasteiger partial charge in [-0.15, -0.1) is 0 Å². The first-order chi connectivity index (χ1) is 8.18. The second kappa shape index (κ2) is 5.44. The zero-order valence-electron chi connectivity index (χ0n) is 9.98. The SMILES string of the molecule is Cn1ncc(N)c1C(=O)NCC1CCSCC1. The number of carbonyl (C=O) groups excluding carboxylic acids is 1. The van der Waals surface area contributed by atoms with E-state index in [1.165, 1.54) is 35.2 Å². The summed E-state index contributed by atoms with van der Waals surface area (Å²) in [6.45, 7) is 0.740. The number of hydrogen-bond donors (Lipinski definition) is 2. The lowest BCUT2D eigenvalue weighted by Gasteiger charge is -2.21. The van der Waals surface area contributed by atoms with Crippen LogP contribution < -0.4 is 11.1 Å². The van der Waals surface area contributed by atoms with E-state index in [0.29, 0.717) is 17.3 Å². The first kappa shape index (κ1) is 12.3. The maximum absolute atomic E-state index is 11.9. The van der Waals surface area contributed by atoms with Crippen LogP contribution in [0.2, 0.25) is 0 Å². The minimum atomic E-state index is -0.124. The van der Waals surface area contributed by atoms with E-state index in [2.05, 4.69) is 10.4 Å². The van der Waals surface area contributed by atoms with Crippen LogP contribution in [0.4, 0.5) is 5.69 Å². The molecule has 0 aliphatic carbocycles. The Kier molecular flexibility index (Phi) is 3.93. The van der Waals surface area contributed by atoms with Crippen molar-refractivity contribution in [1.29, 1.82) is 0 Å². The van der Waals surface area contributed by atoms with Crippen LogP contribution in [-0.2, 0) is 7.05 Å². The largest absolute Gasteiger partial charge is 0.396 e. The summed E-state index contributed by atoms with van der Waals surface area (Å²) >= 11 is 1.99. The predicted octanol–water partition coefficient (Wildman–Crippen LogP) is 0.875. The quantitative estimate of drug-likeness (QED) is 0.839. The standard InChI is InChI=1S/C11H18N4OS/c1-15-10(9(12)7-14-15)11(16)13-6-8-2-4-17-5-3-8/h7-8H,2-6,12H2,1H3,(H,13,16). The molecule has 1 aliphatic rings. The zero-order valence-corrected chi connectivity index (χ0v) is 10.8. The lowest BCUT2D eigenvalue weighted by Crippen LogP contribution is -2.32. The van der Waals surface area contributed by atoms with Gasteiger partial charge in [0.25, 0.3) is 5.91 Å². The molecule has 5 nitrogen and oxygen atoms in total.